The molecule has 1 fully saturated rings. The number of aliphatic carboxylic acids is 2. The Kier molecular flexibility index (Phi) is 9.09. The molecule has 188 valence electrons. The van der Waals surface area contributed by atoms with Crippen LogP contribution in [0, 0.1) is 5.92 Å². The van der Waals surface area contributed by atoms with Crippen LogP contribution in [0.3, 0.4) is 0 Å². The van der Waals surface area contributed by atoms with Crippen molar-refractivity contribution in [2.24, 2.45) is 5.92 Å². The number of hydrogen-bond donors (Lipinski definition) is 3. The average molecular weight is 543 g/mol. The lowest BCUT2D eigenvalue weighted by atomic mass is 10.0. The van der Waals surface area contributed by atoms with Crippen molar-refractivity contribution in [3.8, 4) is 0 Å². The zero-order valence-corrected chi connectivity index (χ0v) is 21.0. The van der Waals surface area contributed by atoms with Gasteiger partial charge < -0.3 is 20.3 Å². The average Bonchev–Trinajstić information content (AvgIpc) is 2.82. The first-order chi connectivity index (χ1) is 16.6. The second-order valence-corrected chi connectivity index (χ2v) is 10.3. The number of carboxylic acids is 2. The molecular formula is C22H23ClN2O8S2. The highest BCUT2D eigenvalue weighted by Gasteiger charge is 2.54. The third kappa shape index (κ3) is 6.30. The maximum atomic E-state index is 12.7. The fourth-order valence-electron chi connectivity index (χ4n) is 3.57. The van der Waals surface area contributed by atoms with Crippen LogP contribution in [0.25, 0.3) is 0 Å². The van der Waals surface area contributed by atoms with Gasteiger partial charge in [-0.15, -0.1) is 35.1 Å². The van der Waals surface area contributed by atoms with Crippen LogP contribution in [0.5, 0.6) is 0 Å². The summed E-state index contributed by atoms with van der Waals surface area (Å²) < 4.78 is 4.88. The van der Waals surface area contributed by atoms with E-state index in [1.165, 1.54) is 30.4 Å². The number of β-lactam (4-membered cyclic amide) rings is 1. The summed E-state index contributed by atoms with van der Waals surface area (Å²) in [4.78, 5) is 61.9. The maximum Gasteiger partial charge on any atom is 0.352 e. The zero-order chi connectivity index (χ0) is 25.7. The van der Waals surface area contributed by atoms with Crippen LogP contribution in [0.1, 0.15) is 18.9 Å². The summed E-state index contributed by atoms with van der Waals surface area (Å²) in [5.74, 6) is -5.15. The molecule has 35 heavy (non-hydrogen) atoms. The lowest BCUT2D eigenvalue weighted by Gasteiger charge is -2.49. The number of fused-ring (bicyclic) bond motifs is 1. The second kappa shape index (κ2) is 11.8. The molecule has 10 nitrogen and oxygen atoms in total. The van der Waals surface area contributed by atoms with E-state index in [2.05, 4.69) is 5.32 Å². The molecule has 13 heteroatoms. The van der Waals surface area contributed by atoms with Gasteiger partial charge in [-0.2, -0.15) is 0 Å². The number of benzene rings is 1. The number of rotatable bonds is 11. The first kappa shape index (κ1) is 26.9. The fraction of sp³-hybridized carbons (Fsp3) is 0.409. The van der Waals surface area contributed by atoms with Crippen molar-refractivity contribution in [2.75, 3.05) is 18.1 Å². The summed E-state index contributed by atoms with van der Waals surface area (Å²) in [5, 5.41) is 20.9. The topological polar surface area (TPSA) is 150 Å². The van der Waals surface area contributed by atoms with E-state index in [0.717, 1.165) is 15.4 Å². The third-order valence-electron chi connectivity index (χ3n) is 5.36. The molecular weight excluding hydrogens is 520 g/mol. The molecule has 2 amide bonds. The molecule has 1 saturated heterocycles. The molecule has 3 unspecified atom stereocenters. The van der Waals surface area contributed by atoms with Crippen molar-refractivity contribution in [3.63, 3.8) is 0 Å². The summed E-state index contributed by atoms with van der Waals surface area (Å²) >= 11 is 8.37. The maximum absolute atomic E-state index is 12.7. The number of amides is 2. The number of alkyl halides is 1. The Morgan fingerprint density at radius 3 is 2.51 bits per heavy atom. The van der Waals surface area contributed by atoms with E-state index in [1.54, 1.807) is 0 Å². The molecule has 2 aliphatic rings. The van der Waals surface area contributed by atoms with Crippen LogP contribution in [0.4, 0.5) is 0 Å². The predicted octanol–water partition coefficient (Wildman–Crippen LogP) is 1.91. The fourth-order valence-corrected chi connectivity index (χ4v) is 6.00. The van der Waals surface area contributed by atoms with E-state index < -0.39 is 47.1 Å². The van der Waals surface area contributed by atoms with Crippen molar-refractivity contribution in [1.82, 2.24) is 10.2 Å². The predicted molar refractivity (Wildman–Crippen MR) is 129 cm³/mol. The van der Waals surface area contributed by atoms with Gasteiger partial charge in [0.25, 0.3) is 5.91 Å². The van der Waals surface area contributed by atoms with E-state index in [9.17, 15) is 34.2 Å². The van der Waals surface area contributed by atoms with Gasteiger partial charge in [-0.05, 0) is 29.9 Å². The minimum Gasteiger partial charge on any atom is -0.481 e. The molecule has 2 heterocycles. The number of nitrogens with zero attached hydrogens (tertiary/aromatic N) is 1. The number of carbonyl (C=O) groups excluding carboxylic acids is 3. The van der Waals surface area contributed by atoms with Crippen molar-refractivity contribution in [3.05, 3.63) is 41.1 Å². The zero-order valence-electron chi connectivity index (χ0n) is 18.6. The number of halogens is 1. The summed E-state index contributed by atoms with van der Waals surface area (Å²) in [6, 6.07) is 6.41. The molecule has 1 aromatic carbocycles. The monoisotopic (exact) mass is 542 g/mol. The Morgan fingerprint density at radius 1 is 1.26 bits per heavy atom. The summed E-state index contributed by atoms with van der Waals surface area (Å²) in [6.07, 6.45) is 0.0400. The first-order valence-corrected chi connectivity index (χ1v) is 13.0. The van der Waals surface area contributed by atoms with Crippen LogP contribution < -0.4 is 5.32 Å². The minimum absolute atomic E-state index is 0.0400. The van der Waals surface area contributed by atoms with Gasteiger partial charge >= 0.3 is 17.9 Å². The van der Waals surface area contributed by atoms with Crippen molar-refractivity contribution in [2.45, 2.75) is 35.5 Å². The highest BCUT2D eigenvalue weighted by molar-refractivity contribution is 8.00. The molecule has 0 bridgehead atoms. The molecule has 0 aliphatic carbocycles. The Labute approximate surface area is 214 Å². The van der Waals surface area contributed by atoms with Gasteiger partial charge in [0.15, 0.2) is 0 Å². The Morgan fingerprint density at radius 2 is 1.94 bits per heavy atom. The smallest absolute Gasteiger partial charge is 0.352 e. The van der Waals surface area contributed by atoms with Crippen LogP contribution >= 0.6 is 35.1 Å². The van der Waals surface area contributed by atoms with Crippen LogP contribution in [-0.4, -0.2) is 74.4 Å². The molecule has 0 aromatic heterocycles. The first-order valence-electron chi connectivity index (χ1n) is 10.5. The standard InChI is InChI=1S/C22H23ClN2O8S2/c1-11(26)33-9-13-10-35-20-16(19(28)25(20)17(13)22(31)32)24-18(27)15(21(29)30)6-7-34-14-4-2-12(8-23)3-5-14/h2-5,15-16,20H,6-10H2,1H3,(H,24,27)(H,29,30)(H,31,32). The normalized spacial score (nSPS) is 19.9. The third-order valence-corrected chi connectivity index (χ3v) is 8.06. The quantitative estimate of drug-likeness (QED) is 0.124. The number of ether oxygens (including phenoxy) is 1. The van der Waals surface area contributed by atoms with Gasteiger partial charge in [-0.25, -0.2) is 4.79 Å². The van der Waals surface area contributed by atoms with E-state index in [-0.39, 0.29) is 30.1 Å². The summed E-state index contributed by atoms with van der Waals surface area (Å²) in [6.45, 7) is 0.930. The second-order valence-electron chi connectivity index (χ2n) is 7.74. The SMILES string of the molecule is CC(=O)OCC1=C(C(=O)O)N2C(=O)C(NC(=O)C(CCSc3ccc(CCl)cc3)C(=O)O)C2SC1. The van der Waals surface area contributed by atoms with Crippen LogP contribution in [0.15, 0.2) is 40.4 Å². The number of nitrogens with one attached hydrogen (secondary N) is 1. The lowest BCUT2D eigenvalue weighted by molar-refractivity contribution is -0.154. The Hall–Kier alpha value is -2.70. The number of hydrogen-bond acceptors (Lipinski definition) is 8. The lowest BCUT2D eigenvalue weighted by Crippen LogP contribution is -2.71. The van der Waals surface area contributed by atoms with Gasteiger partial charge in [0, 0.05) is 29.0 Å². The van der Waals surface area contributed by atoms with Crippen LogP contribution in [0.2, 0.25) is 0 Å². The van der Waals surface area contributed by atoms with E-state index in [1.807, 2.05) is 24.3 Å². The molecule has 3 atom stereocenters. The minimum atomic E-state index is -1.37. The molecule has 3 N–H and O–H groups in total. The number of esters is 1. The number of thioether (sulfide) groups is 2. The summed E-state index contributed by atoms with van der Waals surface area (Å²) in [7, 11) is 0. The molecule has 0 spiro atoms. The molecule has 0 radical (unpaired) electrons. The van der Waals surface area contributed by atoms with Gasteiger partial charge in [-0.1, -0.05) is 12.1 Å². The van der Waals surface area contributed by atoms with E-state index in [4.69, 9.17) is 16.3 Å². The number of carbonyl (C=O) groups is 5. The molecule has 0 saturated carbocycles. The highest BCUT2D eigenvalue weighted by Crippen LogP contribution is 2.40. The van der Waals surface area contributed by atoms with E-state index >= 15 is 0 Å². The van der Waals surface area contributed by atoms with E-state index in [0.29, 0.717) is 11.6 Å². The van der Waals surface area contributed by atoms with Gasteiger partial charge in [0.2, 0.25) is 5.91 Å². The highest BCUT2D eigenvalue weighted by atomic mass is 35.5. The molecule has 2 aliphatic heterocycles. The Balaban J connectivity index is 1.61. The van der Waals surface area contributed by atoms with Crippen LogP contribution in [-0.2, 0) is 34.6 Å². The largest absolute Gasteiger partial charge is 0.481 e. The molecule has 3 rings (SSSR count). The summed E-state index contributed by atoms with van der Waals surface area (Å²) in [5.41, 5.74) is 0.946. The molecule has 1 aromatic rings. The van der Waals surface area contributed by atoms with Gasteiger partial charge in [0.1, 0.15) is 29.6 Å². The van der Waals surface area contributed by atoms with Crippen molar-refractivity contribution >= 4 is 64.8 Å². The van der Waals surface area contributed by atoms with Gasteiger partial charge in [-0.3, -0.25) is 24.1 Å². The van der Waals surface area contributed by atoms with Crippen molar-refractivity contribution in [1.29, 1.82) is 0 Å². The van der Waals surface area contributed by atoms with Crippen molar-refractivity contribution < 1.29 is 38.9 Å². The Bertz CT molecular complexity index is 1060. The van der Waals surface area contributed by atoms with Gasteiger partial charge in [0.05, 0.1) is 0 Å². The number of carboxylic acid groups (broad SMARTS) is 2.